The predicted molar refractivity (Wildman–Crippen MR) is 116 cm³/mol. The highest BCUT2D eigenvalue weighted by atomic mass is 16.6. The first-order valence-electron chi connectivity index (χ1n) is 9.64. The van der Waals surface area contributed by atoms with Gasteiger partial charge in [-0.15, -0.1) is 0 Å². The Bertz CT molecular complexity index is 1310. The number of imidazole rings is 1. The number of nitrogens with zero attached hydrogens (tertiary/aromatic N) is 6. The van der Waals surface area contributed by atoms with Crippen LogP contribution in [-0.2, 0) is 6.61 Å². The zero-order valence-electron chi connectivity index (χ0n) is 17.4. The fourth-order valence-corrected chi connectivity index (χ4v) is 2.67. The van der Waals surface area contributed by atoms with Crippen molar-refractivity contribution >= 4 is 29.1 Å². The Balaban J connectivity index is 1.45. The number of H-pyrrole nitrogens is 1. The van der Waals surface area contributed by atoms with Gasteiger partial charge in [-0.1, -0.05) is 40.7 Å². The molecule has 0 atom stereocenters. The summed E-state index contributed by atoms with van der Waals surface area (Å²) in [6, 6.07) is 15.3. The first-order chi connectivity index (χ1) is 16.0. The molecule has 0 bridgehead atoms. The van der Waals surface area contributed by atoms with Crippen LogP contribution in [0.25, 0.3) is 11.2 Å². The Labute approximate surface area is 187 Å². The molecule has 3 N–H and O–H groups in total. The minimum atomic E-state index is -0.813. The van der Waals surface area contributed by atoms with Crippen molar-refractivity contribution in [3.63, 3.8) is 0 Å². The van der Waals surface area contributed by atoms with Crippen LogP contribution in [0.3, 0.4) is 0 Å². The van der Waals surface area contributed by atoms with Crippen molar-refractivity contribution in [3.8, 4) is 11.6 Å². The van der Waals surface area contributed by atoms with Gasteiger partial charge >= 0.3 is 6.09 Å². The minimum absolute atomic E-state index is 0.0527. The van der Waals surface area contributed by atoms with Gasteiger partial charge in [0.15, 0.2) is 5.65 Å². The Morgan fingerprint density at radius 1 is 1.09 bits per heavy atom. The monoisotopic (exact) mass is 446 g/mol. The topological polar surface area (TPSA) is 161 Å². The fraction of sp³-hybridized carbons (Fsp3) is 0.0952. The van der Waals surface area contributed by atoms with Crippen LogP contribution < -0.4 is 15.2 Å². The molecular formula is C21H18N8O4. The lowest BCUT2D eigenvalue weighted by Crippen LogP contribution is -2.24. The molecule has 2 aromatic heterocycles. The number of fused-ring (bicyclic) bond motifs is 1. The number of carbonyl (C=O) groups is 2. The first-order valence-corrected chi connectivity index (χ1v) is 9.64. The number of hydrogen-bond donors (Lipinski definition) is 2. The van der Waals surface area contributed by atoms with Crippen molar-refractivity contribution < 1.29 is 19.1 Å². The maximum Gasteiger partial charge on any atom is 0.436 e. The van der Waals surface area contributed by atoms with Gasteiger partial charge in [-0.2, -0.15) is 15.0 Å². The summed E-state index contributed by atoms with van der Waals surface area (Å²) in [7, 11) is 1.35. The Kier molecular flexibility index (Phi) is 6.16. The number of ether oxygens (including phenoxy) is 2. The summed E-state index contributed by atoms with van der Waals surface area (Å²) >= 11 is 0. The van der Waals surface area contributed by atoms with Crippen LogP contribution >= 0.6 is 0 Å². The lowest BCUT2D eigenvalue weighted by molar-refractivity contribution is 0.100. The van der Waals surface area contributed by atoms with E-state index in [1.807, 2.05) is 30.3 Å². The maximum atomic E-state index is 12.2. The second kappa shape index (κ2) is 9.51. The van der Waals surface area contributed by atoms with E-state index < -0.39 is 12.0 Å². The third-order valence-electron chi connectivity index (χ3n) is 4.34. The molecule has 2 heterocycles. The molecule has 2 amide bonds. The van der Waals surface area contributed by atoms with Gasteiger partial charge in [-0.25, -0.2) is 9.78 Å². The molecule has 166 valence electrons. The summed E-state index contributed by atoms with van der Waals surface area (Å²) in [5.74, 6) is -0.184. The van der Waals surface area contributed by atoms with Crippen LogP contribution in [0, 0.1) is 0 Å². The SMILES string of the molecule is CN(N=Nc1nc(OCc2ccccc2)c2[nH]cnc2n1)C(=O)Oc1ccc(C(N)=O)cc1. The Morgan fingerprint density at radius 2 is 1.85 bits per heavy atom. The molecule has 12 nitrogen and oxygen atoms in total. The number of amides is 2. The number of rotatable bonds is 7. The summed E-state index contributed by atoms with van der Waals surface area (Å²) in [5.41, 5.74) is 7.28. The second-order valence-electron chi connectivity index (χ2n) is 6.67. The van der Waals surface area contributed by atoms with Gasteiger partial charge in [0.2, 0.25) is 11.8 Å². The number of aromatic nitrogens is 4. The fourth-order valence-electron chi connectivity index (χ4n) is 2.67. The van der Waals surface area contributed by atoms with E-state index in [1.54, 1.807) is 0 Å². The minimum Gasteiger partial charge on any atom is -0.471 e. The van der Waals surface area contributed by atoms with E-state index in [0.29, 0.717) is 16.7 Å². The number of nitrogens with two attached hydrogens (primary N) is 1. The van der Waals surface area contributed by atoms with E-state index in [0.717, 1.165) is 10.6 Å². The summed E-state index contributed by atoms with van der Waals surface area (Å²) in [4.78, 5) is 38.8. The molecule has 0 saturated carbocycles. The Hall–Kier alpha value is -4.87. The molecule has 0 fully saturated rings. The van der Waals surface area contributed by atoms with E-state index in [-0.39, 0.29) is 24.2 Å². The average Bonchev–Trinajstić information content (AvgIpc) is 3.31. The van der Waals surface area contributed by atoms with Crippen LogP contribution in [0.15, 0.2) is 71.3 Å². The molecule has 0 aliphatic rings. The second-order valence-corrected chi connectivity index (χ2v) is 6.67. The predicted octanol–water partition coefficient (Wildman–Crippen LogP) is 3.16. The van der Waals surface area contributed by atoms with Gasteiger partial charge in [0.05, 0.1) is 6.33 Å². The molecule has 0 unspecified atom stereocenters. The molecule has 0 spiro atoms. The van der Waals surface area contributed by atoms with Crippen LogP contribution in [0.1, 0.15) is 15.9 Å². The standard InChI is InChI=1S/C21H18N8O4/c1-29(21(31)33-15-9-7-14(8-10-15)17(22)30)28-27-20-25-18-16(23-12-24-18)19(26-20)32-11-13-5-3-2-4-6-13/h2-10,12H,11H2,1H3,(H2,22,30)(H,23,24,25,26). The maximum absolute atomic E-state index is 12.2. The lowest BCUT2D eigenvalue weighted by Gasteiger charge is -2.10. The van der Waals surface area contributed by atoms with Crippen molar-refractivity contribution in [1.29, 1.82) is 0 Å². The zero-order valence-corrected chi connectivity index (χ0v) is 17.4. The summed E-state index contributed by atoms with van der Waals surface area (Å²) in [6.45, 7) is 0.281. The van der Waals surface area contributed by atoms with E-state index >= 15 is 0 Å². The van der Waals surface area contributed by atoms with Crippen LogP contribution in [0.2, 0.25) is 0 Å². The third-order valence-corrected chi connectivity index (χ3v) is 4.34. The van der Waals surface area contributed by atoms with Gasteiger partial charge in [0.1, 0.15) is 17.9 Å². The number of nitrogens with one attached hydrogen (secondary N) is 1. The molecule has 0 aliphatic carbocycles. The van der Waals surface area contributed by atoms with Crippen LogP contribution in [0.5, 0.6) is 11.6 Å². The number of primary amides is 1. The largest absolute Gasteiger partial charge is 0.471 e. The molecule has 0 saturated heterocycles. The number of aromatic amines is 1. The lowest BCUT2D eigenvalue weighted by atomic mass is 10.2. The van der Waals surface area contributed by atoms with Crippen LogP contribution in [-0.4, -0.2) is 44.0 Å². The highest BCUT2D eigenvalue weighted by molar-refractivity contribution is 5.92. The van der Waals surface area contributed by atoms with Crippen molar-refractivity contribution in [2.75, 3.05) is 7.05 Å². The quantitative estimate of drug-likeness (QED) is 0.325. The highest BCUT2D eigenvalue weighted by Crippen LogP contribution is 2.23. The summed E-state index contributed by atoms with van der Waals surface area (Å²) in [5, 5.41) is 8.53. The van der Waals surface area contributed by atoms with Gasteiger partial charge in [-0.05, 0) is 29.8 Å². The summed E-state index contributed by atoms with van der Waals surface area (Å²) < 4.78 is 11.0. The van der Waals surface area contributed by atoms with E-state index in [1.165, 1.54) is 37.6 Å². The van der Waals surface area contributed by atoms with Gasteiger partial charge in [-0.3, -0.25) is 4.79 Å². The van der Waals surface area contributed by atoms with Crippen molar-refractivity contribution in [2.45, 2.75) is 6.61 Å². The molecular weight excluding hydrogens is 428 g/mol. The third kappa shape index (κ3) is 5.25. The number of carbonyl (C=O) groups excluding carboxylic acids is 2. The van der Waals surface area contributed by atoms with Crippen molar-refractivity contribution in [2.24, 2.45) is 16.1 Å². The molecule has 4 rings (SSSR count). The highest BCUT2D eigenvalue weighted by Gasteiger charge is 2.14. The zero-order chi connectivity index (χ0) is 23.2. The number of benzene rings is 2. The van der Waals surface area contributed by atoms with Crippen molar-refractivity contribution in [3.05, 3.63) is 72.1 Å². The molecule has 2 aromatic carbocycles. The molecule has 33 heavy (non-hydrogen) atoms. The smallest absolute Gasteiger partial charge is 0.436 e. The van der Waals surface area contributed by atoms with Gasteiger partial charge < -0.3 is 20.2 Å². The molecule has 0 aliphatic heterocycles. The van der Waals surface area contributed by atoms with Gasteiger partial charge in [0, 0.05) is 12.6 Å². The van der Waals surface area contributed by atoms with Crippen molar-refractivity contribution in [1.82, 2.24) is 24.9 Å². The molecule has 0 radical (unpaired) electrons. The van der Waals surface area contributed by atoms with E-state index in [9.17, 15) is 9.59 Å². The van der Waals surface area contributed by atoms with E-state index in [2.05, 4.69) is 30.3 Å². The van der Waals surface area contributed by atoms with E-state index in [4.69, 9.17) is 15.2 Å². The first kappa shape index (κ1) is 21.4. The average molecular weight is 446 g/mol. The van der Waals surface area contributed by atoms with Crippen LogP contribution in [0.4, 0.5) is 10.7 Å². The molecule has 4 aromatic rings. The number of hydrogen-bond acceptors (Lipinski definition) is 9. The normalized spacial score (nSPS) is 10.9. The van der Waals surface area contributed by atoms with Gasteiger partial charge in [0.25, 0.3) is 5.95 Å². The Morgan fingerprint density at radius 3 is 2.58 bits per heavy atom. The molecule has 12 heteroatoms. The summed E-state index contributed by atoms with van der Waals surface area (Å²) in [6.07, 6.45) is 0.648.